The van der Waals surface area contributed by atoms with Crippen molar-refractivity contribution in [1.82, 2.24) is 0 Å². The summed E-state index contributed by atoms with van der Waals surface area (Å²) in [5.41, 5.74) is 11.2. The van der Waals surface area contributed by atoms with E-state index in [0.29, 0.717) is 17.1 Å². The molecule has 0 fully saturated rings. The highest BCUT2D eigenvalue weighted by atomic mass is 16.2. The summed E-state index contributed by atoms with van der Waals surface area (Å²) in [6.07, 6.45) is 4.98. The van der Waals surface area contributed by atoms with E-state index in [9.17, 15) is 19.2 Å². The summed E-state index contributed by atoms with van der Waals surface area (Å²) in [5, 5.41) is 0. The van der Waals surface area contributed by atoms with E-state index in [4.69, 9.17) is 5.73 Å². The first-order valence-corrected chi connectivity index (χ1v) is 10.2. The zero-order valence-electron chi connectivity index (χ0n) is 17.3. The van der Waals surface area contributed by atoms with Gasteiger partial charge in [-0.3, -0.25) is 19.2 Å². The number of carbonyl (C=O) groups is 4. The maximum Gasteiger partial charge on any atom is 0.258 e. The van der Waals surface area contributed by atoms with Gasteiger partial charge in [-0.15, -0.1) is 0 Å². The van der Waals surface area contributed by atoms with E-state index in [1.807, 2.05) is 36.4 Å². The summed E-state index contributed by atoms with van der Waals surface area (Å²) in [5.74, 6) is -1.50. The number of nitrogen functional groups attached to an aromatic ring is 1. The lowest BCUT2D eigenvalue weighted by Gasteiger charge is -2.17. The van der Waals surface area contributed by atoms with Gasteiger partial charge in [-0.05, 0) is 47.0 Å². The highest BCUT2D eigenvalue weighted by Gasteiger charge is 2.26. The van der Waals surface area contributed by atoms with Crippen LogP contribution in [0.1, 0.15) is 0 Å². The van der Waals surface area contributed by atoms with Gasteiger partial charge in [0.2, 0.25) is 0 Å². The third-order valence-electron chi connectivity index (χ3n) is 5.57. The first-order valence-electron chi connectivity index (χ1n) is 10.2. The molecule has 2 heterocycles. The van der Waals surface area contributed by atoms with Gasteiger partial charge in [0, 0.05) is 35.6 Å². The molecule has 0 unspecified atom stereocenters. The third-order valence-corrected chi connectivity index (χ3v) is 5.57. The molecule has 0 saturated carbocycles. The van der Waals surface area contributed by atoms with Gasteiger partial charge < -0.3 is 5.73 Å². The van der Waals surface area contributed by atoms with Crippen molar-refractivity contribution in [3.05, 3.63) is 91.0 Å². The number of hydrogen-bond acceptors (Lipinski definition) is 5. The molecule has 7 heteroatoms. The van der Waals surface area contributed by atoms with E-state index in [-0.39, 0.29) is 23.6 Å². The summed E-state index contributed by atoms with van der Waals surface area (Å²) in [7, 11) is 0. The number of nitrogens with zero attached hydrogens (tertiary/aromatic N) is 2. The van der Waals surface area contributed by atoms with Gasteiger partial charge in [-0.1, -0.05) is 36.4 Å². The quantitative estimate of drug-likeness (QED) is 0.500. The van der Waals surface area contributed by atoms with Crippen LogP contribution in [0.15, 0.2) is 91.0 Å². The van der Waals surface area contributed by atoms with Crippen molar-refractivity contribution in [1.29, 1.82) is 0 Å². The van der Waals surface area contributed by atoms with Crippen molar-refractivity contribution in [2.24, 2.45) is 0 Å². The van der Waals surface area contributed by atoms with Gasteiger partial charge in [-0.25, -0.2) is 9.80 Å². The van der Waals surface area contributed by atoms with E-state index in [2.05, 4.69) is 0 Å². The molecule has 0 bridgehead atoms. The van der Waals surface area contributed by atoms with Gasteiger partial charge in [0.05, 0.1) is 11.4 Å². The van der Waals surface area contributed by atoms with E-state index < -0.39 is 0 Å². The molecule has 0 aromatic heterocycles. The molecule has 0 saturated heterocycles. The van der Waals surface area contributed by atoms with Crippen LogP contribution < -0.4 is 15.5 Å². The number of rotatable bonds is 4. The monoisotopic (exact) mass is 435 g/mol. The van der Waals surface area contributed by atoms with Gasteiger partial charge >= 0.3 is 0 Å². The molecule has 0 atom stereocenters. The summed E-state index contributed by atoms with van der Waals surface area (Å²) >= 11 is 0. The average molecular weight is 435 g/mol. The second kappa shape index (κ2) is 7.72. The van der Waals surface area contributed by atoms with Crippen molar-refractivity contribution in [3.63, 3.8) is 0 Å². The van der Waals surface area contributed by atoms with Crippen LogP contribution in [0.5, 0.6) is 0 Å². The molecule has 0 spiro atoms. The highest BCUT2D eigenvalue weighted by molar-refractivity contribution is 6.28. The zero-order chi connectivity index (χ0) is 23.1. The normalized spacial score (nSPS) is 15.3. The fraction of sp³-hybridized carbons (Fsp3) is 0. The lowest BCUT2D eigenvalue weighted by molar-refractivity contribution is -0.121. The number of benzene rings is 3. The Morgan fingerprint density at radius 2 is 0.939 bits per heavy atom. The minimum Gasteiger partial charge on any atom is -0.398 e. The molecule has 5 rings (SSSR count). The molecule has 4 amide bonds. The van der Waals surface area contributed by atoms with Crippen LogP contribution in [0, 0.1) is 0 Å². The smallest absolute Gasteiger partial charge is 0.258 e. The first kappa shape index (κ1) is 20.1. The summed E-state index contributed by atoms with van der Waals surface area (Å²) in [4.78, 5) is 50.0. The Balaban J connectivity index is 1.50. The Bertz CT molecular complexity index is 1350. The minimum absolute atomic E-state index is 0.373. The molecule has 2 aliphatic rings. The predicted octanol–water partition coefficient (Wildman–Crippen LogP) is 3.46. The van der Waals surface area contributed by atoms with E-state index in [0.717, 1.165) is 32.1 Å². The zero-order valence-corrected chi connectivity index (χ0v) is 17.3. The van der Waals surface area contributed by atoms with Crippen molar-refractivity contribution in [2.75, 3.05) is 15.5 Å². The first-order chi connectivity index (χ1) is 15.9. The fourth-order valence-corrected chi connectivity index (χ4v) is 4.01. The van der Waals surface area contributed by atoms with Crippen molar-refractivity contribution < 1.29 is 19.2 Å². The molecule has 7 nitrogen and oxygen atoms in total. The SMILES string of the molecule is Nc1cccc(-c2ccc(N3C(=O)C=CC3=O)cc2)c1-c1ccc(N2C(=O)C=CC2=O)cc1. The third kappa shape index (κ3) is 3.41. The van der Waals surface area contributed by atoms with E-state index >= 15 is 0 Å². The minimum atomic E-state index is -0.377. The Kier molecular flexibility index (Phi) is 4.71. The molecular weight excluding hydrogens is 418 g/mol. The standard InChI is InChI=1S/C26H17N3O4/c27-21-3-1-2-20(16-4-8-18(9-5-16)28-22(30)12-13-23(28)31)26(21)17-6-10-19(11-7-17)29-24(32)14-15-25(29)33/h1-15H,27H2. The molecule has 3 aromatic carbocycles. The van der Waals surface area contributed by atoms with Crippen molar-refractivity contribution in [3.8, 4) is 22.3 Å². The van der Waals surface area contributed by atoms with E-state index in [1.165, 1.54) is 24.3 Å². The molecule has 3 aromatic rings. The summed E-state index contributed by atoms with van der Waals surface area (Å²) in [6.45, 7) is 0. The van der Waals surface area contributed by atoms with Gasteiger partial charge in [0.1, 0.15) is 0 Å². The highest BCUT2D eigenvalue weighted by Crippen LogP contribution is 2.38. The van der Waals surface area contributed by atoms with Crippen LogP contribution in [0.2, 0.25) is 0 Å². The van der Waals surface area contributed by atoms with Crippen LogP contribution >= 0.6 is 0 Å². The van der Waals surface area contributed by atoms with Crippen LogP contribution in [0.25, 0.3) is 22.3 Å². The molecular formula is C26H17N3O4. The molecule has 160 valence electrons. The maximum atomic E-state index is 11.9. The molecule has 2 N–H and O–H groups in total. The van der Waals surface area contributed by atoms with E-state index in [1.54, 1.807) is 30.3 Å². The Hall–Kier alpha value is -4.78. The number of nitrogens with two attached hydrogens (primary N) is 1. The lowest BCUT2D eigenvalue weighted by Crippen LogP contribution is -2.29. The molecule has 0 aliphatic carbocycles. The predicted molar refractivity (Wildman–Crippen MR) is 125 cm³/mol. The molecule has 0 radical (unpaired) electrons. The second-order valence-corrected chi connectivity index (χ2v) is 7.55. The number of anilines is 3. The van der Waals surface area contributed by atoms with Crippen molar-refractivity contribution in [2.45, 2.75) is 0 Å². The summed E-state index contributed by atoms with van der Waals surface area (Å²) in [6, 6.07) is 19.7. The summed E-state index contributed by atoms with van der Waals surface area (Å²) < 4.78 is 0. The van der Waals surface area contributed by atoms with Gasteiger partial charge in [0.25, 0.3) is 23.6 Å². The Labute approximate surface area is 189 Å². The Morgan fingerprint density at radius 3 is 1.39 bits per heavy atom. The maximum absolute atomic E-state index is 11.9. The van der Waals surface area contributed by atoms with Gasteiger partial charge in [0.15, 0.2) is 0 Å². The second-order valence-electron chi connectivity index (χ2n) is 7.55. The van der Waals surface area contributed by atoms with Crippen LogP contribution in [-0.2, 0) is 19.2 Å². The largest absolute Gasteiger partial charge is 0.398 e. The number of hydrogen-bond donors (Lipinski definition) is 1. The molecule has 2 aliphatic heterocycles. The van der Waals surface area contributed by atoms with Gasteiger partial charge in [-0.2, -0.15) is 0 Å². The van der Waals surface area contributed by atoms with Crippen LogP contribution in [-0.4, -0.2) is 23.6 Å². The average Bonchev–Trinajstić information content (AvgIpc) is 3.34. The number of amides is 4. The van der Waals surface area contributed by atoms with Crippen molar-refractivity contribution >= 4 is 40.7 Å². The lowest BCUT2D eigenvalue weighted by atomic mass is 9.93. The Morgan fingerprint density at radius 1 is 0.515 bits per heavy atom. The van der Waals surface area contributed by atoms with Crippen LogP contribution in [0.4, 0.5) is 17.1 Å². The number of carbonyl (C=O) groups excluding carboxylic acids is 4. The topological polar surface area (TPSA) is 101 Å². The van der Waals surface area contributed by atoms with Crippen LogP contribution in [0.3, 0.4) is 0 Å². The number of imide groups is 2. The fourth-order valence-electron chi connectivity index (χ4n) is 4.01. The molecule has 33 heavy (non-hydrogen) atoms.